The highest BCUT2D eigenvalue weighted by atomic mass is 127. The van der Waals surface area contributed by atoms with E-state index in [9.17, 15) is 0 Å². The lowest BCUT2D eigenvalue weighted by Crippen LogP contribution is -2.36. The van der Waals surface area contributed by atoms with Gasteiger partial charge in [0.1, 0.15) is 10.9 Å². The van der Waals surface area contributed by atoms with E-state index >= 15 is 0 Å². The number of hydrogen-bond donors (Lipinski definition) is 2. The smallest absolute Gasteiger partial charge is 0.191 e. The first-order valence-electron chi connectivity index (χ1n) is 7.54. The first kappa shape index (κ1) is 21.9. The van der Waals surface area contributed by atoms with Gasteiger partial charge in [0.05, 0.1) is 18.7 Å². The molecule has 2 rings (SSSR count). The largest absolute Gasteiger partial charge is 0.496 e. The number of benzene rings is 1. The molecular formula is C17H23Cl2IN4O. The molecule has 1 aromatic carbocycles. The van der Waals surface area contributed by atoms with E-state index in [4.69, 9.17) is 27.9 Å². The highest BCUT2D eigenvalue weighted by Gasteiger charge is 2.09. The summed E-state index contributed by atoms with van der Waals surface area (Å²) in [6.07, 6.45) is 0. The Kier molecular flexibility index (Phi) is 8.88. The summed E-state index contributed by atoms with van der Waals surface area (Å²) >= 11 is 12.1. The zero-order valence-corrected chi connectivity index (χ0v) is 18.5. The predicted octanol–water partition coefficient (Wildman–Crippen LogP) is 4.13. The van der Waals surface area contributed by atoms with Crippen molar-refractivity contribution in [1.82, 2.24) is 15.2 Å². The average Bonchev–Trinajstić information content (AvgIpc) is 2.82. The Morgan fingerprint density at radius 2 is 1.88 bits per heavy atom. The molecule has 0 aliphatic heterocycles. The van der Waals surface area contributed by atoms with Crippen LogP contribution in [0.5, 0.6) is 5.75 Å². The summed E-state index contributed by atoms with van der Waals surface area (Å²) in [5, 5.41) is 7.62. The van der Waals surface area contributed by atoms with Gasteiger partial charge in [-0.3, -0.25) is 4.99 Å². The molecule has 8 heteroatoms. The maximum atomic E-state index is 6.08. The van der Waals surface area contributed by atoms with E-state index in [2.05, 4.69) is 21.7 Å². The molecule has 2 aromatic rings. The van der Waals surface area contributed by atoms with Crippen LogP contribution in [-0.4, -0.2) is 24.7 Å². The number of guanidine groups is 1. The zero-order valence-electron chi connectivity index (χ0n) is 14.7. The fraction of sp³-hybridized carbons (Fsp3) is 0.353. The SMILES string of the molecule is CN=C(NCc1ccc(OC)c(C)c1)NCc1cc(Cl)c(Cl)n1C.I. The van der Waals surface area contributed by atoms with Crippen LogP contribution in [0.1, 0.15) is 16.8 Å². The van der Waals surface area contributed by atoms with Crippen LogP contribution in [0.15, 0.2) is 29.3 Å². The Balaban J connectivity index is 0.00000312. The molecular weight excluding hydrogens is 474 g/mol. The van der Waals surface area contributed by atoms with Gasteiger partial charge >= 0.3 is 0 Å². The second kappa shape index (κ2) is 10.1. The summed E-state index contributed by atoms with van der Waals surface area (Å²) in [5.74, 6) is 1.59. The first-order valence-corrected chi connectivity index (χ1v) is 8.29. The molecule has 0 aliphatic rings. The van der Waals surface area contributed by atoms with Gasteiger partial charge in [0.25, 0.3) is 0 Å². The molecule has 5 nitrogen and oxygen atoms in total. The number of aryl methyl sites for hydroxylation is 1. The Morgan fingerprint density at radius 1 is 1.20 bits per heavy atom. The number of aromatic nitrogens is 1. The van der Waals surface area contributed by atoms with E-state index in [0.717, 1.165) is 22.6 Å². The highest BCUT2D eigenvalue weighted by Crippen LogP contribution is 2.24. The van der Waals surface area contributed by atoms with Crippen LogP contribution in [0, 0.1) is 6.92 Å². The van der Waals surface area contributed by atoms with Crippen molar-refractivity contribution in [3.63, 3.8) is 0 Å². The first-order chi connectivity index (χ1) is 11.5. The predicted molar refractivity (Wildman–Crippen MR) is 116 cm³/mol. The highest BCUT2D eigenvalue weighted by molar-refractivity contribution is 14.0. The Bertz CT molecular complexity index is 746. The van der Waals surface area contributed by atoms with E-state index in [1.165, 1.54) is 0 Å². The molecule has 0 saturated carbocycles. The Labute approximate surface area is 175 Å². The Hall–Kier alpha value is -1.12. The molecule has 1 aromatic heterocycles. The summed E-state index contributed by atoms with van der Waals surface area (Å²) in [7, 11) is 5.29. The van der Waals surface area contributed by atoms with Gasteiger partial charge in [-0.15, -0.1) is 24.0 Å². The summed E-state index contributed by atoms with van der Waals surface area (Å²) in [5.41, 5.74) is 3.24. The standard InChI is InChI=1S/C17H22Cl2N4O.HI/c1-11-7-12(5-6-15(11)24-4)9-21-17(20-2)22-10-13-8-14(18)16(19)23(13)3;/h5-8H,9-10H2,1-4H3,(H2,20,21,22);1H. The normalized spacial score (nSPS) is 11.0. The number of nitrogens with one attached hydrogen (secondary N) is 2. The van der Waals surface area contributed by atoms with Crippen LogP contribution in [0.3, 0.4) is 0 Å². The van der Waals surface area contributed by atoms with Gasteiger partial charge < -0.3 is 19.9 Å². The number of nitrogens with zero attached hydrogens (tertiary/aromatic N) is 2. The third-order valence-electron chi connectivity index (χ3n) is 3.80. The van der Waals surface area contributed by atoms with Crippen molar-refractivity contribution in [3.05, 3.63) is 51.3 Å². The molecule has 0 radical (unpaired) electrons. The van der Waals surface area contributed by atoms with Crippen LogP contribution >= 0.6 is 47.2 Å². The quantitative estimate of drug-likeness (QED) is 0.371. The van der Waals surface area contributed by atoms with Crippen molar-refractivity contribution < 1.29 is 4.74 Å². The van der Waals surface area contributed by atoms with Crippen molar-refractivity contribution in [2.45, 2.75) is 20.0 Å². The van der Waals surface area contributed by atoms with Gasteiger partial charge in [0.2, 0.25) is 0 Å². The van der Waals surface area contributed by atoms with Crippen molar-refractivity contribution >= 4 is 53.1 Å². The van der Waals surface area contributed by atoms with Crippen molar-refractivity contribution in [3.8, 4) is 5.75 Å². The fourth-order valence-electron chi connectivity index (χ4n) is 2.39. The van der Waals surface area contributed by atoms with Gasteiger partial charge in [0.15, 0.2) is 5.96 Å². The third-order valence-corrected chi connectivity index (χ3v) is 4.64. The number of halogens is 3. The number of ether oxygens (including phenoxy) is 1. The van der Waals surface area contributed by atoms with Crippen LogP contribution in [0.25, 0.3) is 0 Å². The van der Waals surface area contributed by atoms with Crippen LogP contribution < -0.4 is 15.4 Å². The topological polar surface area (TPSA) is 50.6 Å². The number of rotatable bonds is 5. The van der Waals surface area contributed by atoms with Crippen molar-refractivity contribution in [2.75, 3.05) is 14.2 Å². The monoisotopic (exact) mass is 496 g/mol. The summed E-state index contributed by atoms with van der Waals surface area (Å²) in [6.45, 7) is 3.27. The van der Waals surface area contributed by atoms with Crippen LogP contribution in [-0.2, 0) is 20.1 Å². The molecule has 1 heterocycles. The van der Waals surface area contributed by atoms with Gasteiger partial charge in [-0.2, -0.15) is 0 Å². The van der Waals surface area contributed by atoms with E-state index in [1.807, 2.05) is 36.7 Å². The number of methoxy groups -OCH3 is 1. The maximum Gasteiger partial charge on any atom is 0.191 e. The lowest BCUT2D eigenvalue weighted by Gasteiger charge is -2.13. The molecule has 2 N–H and O–H groups in total. The van der Waals surface area contributed by atoms with Gasteiger partial charge in [-0.25, -0.2) is 0 Å². The van der Waals surface area contributed by atoms with E-state index in [0.29, 0.717) is 29.2 Å². The van der Waals surface area contributed by atoms with E-state index in [1.54, 1.807) is 14.2 Å². The zero-order chi connectivity index (χ0) is 17.7. The van der Waals surface area contributed by atoms with Crippen LogP contribution in [0.2, 0.25) is 10.2 Å². The minimum atomic E-state index is 0. The van der Waals surface area contributed by atoms with Crippen molar-refractivity contribution in [1.29, 1.82) is 0 Å². The molecule has 138 valence electrons. The van der Waals surface area contributed by atoms with Crippen molar-refractivity contribution in [2.24, 2.45) is 12.0 Å². The second-order valence-corrected chi connectivity index (χ2v) is 6.18. The molecule has 0 fully saturated rings. The lowest BCUT2D eigenvalue weighted by atomic mass is 10.1. The minimum Gasteiger partial charge on any atom is -0.496 e. The number of aliphatic imine (C=N–C) groups is 1. The molecule has 0 unspecified atom stereocenters. The summed E-state index contributed by atoms with van der Waals surface area (Å²) in [4.78, 5) is 4.23. The molecule has 0 aliphatic carbocycles. The third kappa shape index (κ3) is 5.69. The van der Waals surface area contributed by atoms with Gasteiger partial charge in [-0.05, 0) is 30.2 Å². The number of hydrogen-bond acceptors (Lipinski definition) is 2. The molecule has 0 amide bonds. The molecule has 25 heavy (non-hydrogen) atoms. The lowest BCUT2D eigenvalue weighted by molar-refractivity contribution is 0.411. The van der Waals surface area contributed by atoms with Gasteiger partial charge in [0, 0.05) is 26.3 Å². The minimum absolute atomic E-state index is 0. The van der Waals surface area contributed by atoms with Crippen LogP contribution in [0.4, 0.5) is 0 Å². The maximum absolute atomic E-state index is 6.08. The molecule has 0 spiro atoms. The van der Waals surface area contributed by atoms with Gasteiger partial charge in [-0.1, -0.05) is 35.3 Å². The van der Waals surface area contributed by atoms with E-state index in [-0.39, 0.29) is 24.0 Å². The molecule has 0 saturated heterocycles. The average molecular weight is 497 g/mol. The van der Waals surface area contributed by atoms with E-state index < -0.39 is 0 Å². The molecule has 0 atom stereocenters. The summed E-state index contributed by atoms with van der Waals surface area (Å²) < 4.78 is 7.12. The fourth-order valence-corrected chi connectivity index (χ4v) is 2.81. The summed E-state index contributed by atoms with van der Waals surface area (Å²) in [6, 6.07) is 7.94. The molecule has 0 bridgehead atoms. The Morgan fingerprint density at radius 3 is 2.40 bits per heavy atom. The second-order valence-electron chi connectivity index (χ2n) is 5.42.